The molecule has 0 spiro atoms. The molecule has 5 nitrogen and oxygen atoms in total. The lowest BCUT2D eigenvalue weighted by Gasteiger charge is -2.36. The molecule has 7 heteroatoms. The van der Waals surface area contributed by atoms with Gasteiger partial charge in [0.15, 0.2) is 0 Å². The summed E-state index contributed by atoms with van der Waals surface area (Å²) >= 11 is 12.2. The fourth-order valence-electron chi connectivity index (χ4n) is 2.93. The van der Waals surface area contributed by atoms with Crippen molar-refractivity contribution in [2.45, 2.75) is 0 Å². The maximum atomic E-state index is 12.5. The van der Waals surface area contributed by atoms with Crippen LogP contribution in [0.15, 0.2) is 42.5 Å². The van der Waals surface area contributed by atoms with E-state index < -0.39 is 0 Å². The van der Waals surface area contributed by atoms with Crippen molar-refractivity contribution in [3.05, 3.63) is 52.5 Å². The number of rotatable bonds is 3. The normalized spacial score (nSPS) is 14.3. The standard InChI is InChI=1S/C19H22Cl2N4O/c1-23(2)16-6-4-15(5-7-16)22-19(26)25-11-9-24(10-12-25)18-8-3-14(20)13-17(18)21/h3-8,13H,9-12H2,1-2H3,(H,22,26). The molecule has 1 fully saturated rings. The van der Waals surface area contributed by atoms with Crippen molar-refractivity contribution in [3.63, 3.8) is 0 Å². The molecule has 1 aliphatic rings. The third-order valence-electron chi connectivity index (χ3n) is 4.45. The summed E-state index contributed by atoms with van der Waals surface area (Å²) in [6.45, 7) is 2.74. The Labute approximate surface area is 164 Å². The van der Waals surface area contributed by atoms with Gasteiger partial charge in [0.25, 0.3) is 0 Å². The van der Waals surface area contributed by atoms with Crippen LogP contribution in [0.3, 0.4) is 0 Å². The summed E-state index contributed by atoms with van der Waals surface area (Å²) in [5.41, 5.74) is 2.84. The zero-order valence-electron chi connectivity index (χ0n) is 14.9. The molecule has 1 aliphatic heterocycles. The van der Waals surface area contributed by atoms with Crippen molar-refractivity contribution in [1.29, 1.82) is 0 Å². The highest BCUT2D eigenvalue weighted by Crippen LogP contribution is 2.29. The van der Waals surface area contributed by atoms with E-state index in [0.717, 1.165) is 30.2 Å². The quantitative estimate of drug-likeness (QED) is 0.840. The van der Waals surface area contributed by atoms with Crippen LogP contribution in [-0.2, 0) is 0 Å². The minimum atomic E-state index is -0.0792. The summed E-state index contributed by atoms with van der Waals surface area (Å²) in [4.78, 5) is 18.5. The molecule has 0 saturated carbocycles. The Kier molecular flexibility index (Phi) is 5.79. The van der Waals surface area contributed by atoms with Gasteiger partial charge in [0, 0.05) is 56.7 Å². The highest BCUT2D eigenvalue weighted by molar-refractivity contribution is 6.36. The molecule has 0 bridgehead atoms. The summed E-state index contributed by atoms with van der Waals surface area (Å²) in [5.74, 6) is 0. The maximum Gasteiger partial charge on any atom is 0.321 e. The van der Waals surface area contributed by atoms with Gasteiger partial charge in [0.2, 0.25) is 0 Å². The number of hydrogen-bond donors (Lipinski definition) is 1. The molecular weight excluding hydrogens is 371 g/mol. The van der Waals surface area contributed by atoms with Crippen LogP contribution in [0.25, 0.3) is 0 Å². The third kappa shape index (κ3) is 4.34. The van der Waals surface area contributed by atoms with Crippen molar-refractivity contribution in [2.75, 3.05) is 55.4 Å². The second-order valence-electron chi connectivity index (χ2n) is 6.44. The molecule has 2 aromatic carbocycles. The van der Waals surface area contributed by atoms with Gasteiger partial charge in [0.1, 0.15) is 0 Å². The van der Waals surface area contributed by atoms with E-state index in [2.05, 4.69) is 10.2 Å². The van der Waals surface area contributed by atoms with Gasteiger partial charge in [-0.15, -0.1) is 0 Å². The number of anilines is 3. The number of amides is 2. The number of nitrogens with zero attached hydrogens (tertiary/aromatic N) is 3. The van der Waals surface area contributed by atoms with Crippen molar-refractivity contribution in [2.24, 2.45) is 0 Å². The van der Waals surface area contributed by atoms with Gasteiger partial charge in [-0.2, -0.15) is 0 Å². The zero-order valence-corrected chi connectivity index (χ0v) is 16.4. The predicted molar refractivity (Wildman–Crippen MR) is 110 cm³/mol. The fourth-order valence-corrected chi connectivity index (χ4v) is 3.46. The van der Waals surface area contributed by atoms with Gasteiger partial charge in [-0.25, -0.2) is 4.79 Å². The molecule has 2 amide bonds. The van der Waals surface area contributed by atoms with Crippen LogP contribution in [-0.4, -0.2) is 51.2 Å². The van der Waals surface area contributed by atoms with Crippen LogP contribution in [0, 0.1) is 0 Å². The predicted octanol–water partition coefficient (Wildman–Crippen LogP) is 4.41. The summed E-state index contributed by atoms with van der Waals surface area (Å²) in [7, 11) is 3.97. The smallest absolute Gasteiger partial charge is 0.321 e. The lowest BCUT2D eigenvalue weighted by atomic mass is 10.2. The van der Waals surface area contributed by atoms with Gasteiger partial charge < -0.3 is 20.0 Å². The van der Waals surface area contributed by atoms with E-state index >= 15 is 0 Å². The third-order valence-corrected chi connectivity index (χ3v) is 4.99. The number of halogens is 2. The van der Waals surface area contributed by atoms with E-state index in [1.807, 2.05) is 60.3 Å². The SMILES string of the molecule is CN(C)c1ccc(NC(=O)N2CCN(c3ccc(Cl)cc3Cl)CC2)cc1. The van der Waals surface area contributed by atoms with Gasteiger partial charge in [-0.3, -0.25) is 0 Å². The highest BCUT2D eigenvalue weighted by atomic mass is 35.5. The van der Waals surface area contributed by atoms with Gasteiger partial charge in [-0.05, 0) is 42.5 Å². The van der Waals surface area contributed by atoms with Crippen LogP contribution in [0.1, 0.15) is 0 Å². The minimum absolute atomic E-state index is 0.0792. The molecule has 26 heavy (non-hydrogen) atoms. The maximum absolute atomic E-state index is 12.5. The molecule has 1 N–H and O–H groups in total. The van der Waals surface area contributed by atoms with Crippen LogP contribution < -0.4 is 15.1 Å². The summed E-state index contributed by atoms with van der Waals surface area (Å²) in [5, 5.41) is 4.22. The molecule has 0 radical (unpaired) electrons. The van der Waals surface area contributed by atoms with E-state index in [-0.39, 0.29) is 6.03 Å². The number of nitrogens with one attached hydrogen (secondary N) is 1. The Morgan fingerprint density at radius 3 is 2.23 bits per heavy atom. The van der Waals surface area contributed by atoms with Crippen molar-refractivity contribution in [3.8, 4) is 0 Å². The Bertz CT molecular complexity index is 772. The van der Waals surface area contributed by atoms with Gasteiger partial charge >= 0.3 is 6.03 Å². The summed E-state index contributed by atoms with van der Waals surface area (Å²) in [6, 6.07) is 13.2. The van der Waals surface area contributed by atoms with E-state index in [4.69, 9.17) is 23.2 Å². The minimum Gasteiger partial charge on any atom is -0.378 e. The monoisotopic (exact) mass is 392 g/mol. The molecule has 0 aliphatic carbocycles. The number of carbonyl (C=O) groups excluding carboxylic acids is 1. The molecule has 0 atom stereocenters. The Hall–Kier alpha value is -2.11. The van der Waals surface area contributed by atoms with Crippen LogP contribution in [0.2, 0.25) is 10.0 Å². The van der Waals surface area contributed by atoms with Crippen LogP contribution in [0.4, 0.5) is 21.9 Å². The summed E-state index contributed by atoms with van der Waals surface area (Å²) < 4.78 is 0. The van der Waals surface area contributed by atoms with E-state index in [1.165, 1.54) is 0 Å². The van der Waals surface area contributed by atoms with Crippen molar-refractivity contribution in [1.82, 2.24) is 4.90 Å². The van der Waals surface area contributed by atoms with Crippen LogP contribution in [0.5, 0.6) is 0 Å². The van der Waals surface area contributed by atoms with Crippen LogP contribution >= 0.6 is 23.2 Å². The van der Waals surface area contributed by atoms with E-state index in [9.17, 15) is 4.79 Å². The number of urea groups is 1. The number of benzene rings is 2. The topological polar surface area (TPSA) is 38.8 Å². The Morgan fingerprint density at radius 1 is 1.00 bits per heavy atom. The second-order valence-corrected chi connectivity index (χ2v) is 7.28. The largest absolute Gasteiger partial charge is 0.378 e. The second kappa shape index (κ2) is 8.06. The average Bonchev–Trinajstić information content (AvgIpc) is 2.62. The van der Waals surface area contributed by atoms with E-state index in [1.54, 1.807) is 6.07 Å². The molecular formula is C19H22Cl2N4O. The lowest BCUT2D eigenvalue weighted by Crippen LogP contribution is -2.50. The highest BCUT2D eigenvalue weighted by Gasteiger charge is 2.22. The van der Waals surface area contributed by atoms with Gasteiger partial charge in [0.05, 0.1) is 10.7 Å². The molecule has 1 heterocycles. The zero-order chi connectivity index (χ0) is 18.7. The van der Waals surface area contributed by atoms with Gasteiger partial charge in [-0.1, -0.05) is 23.2 Å². The number of piperazine rings is 1. The Morgan fingerprint density at radius 2 is 1.65 bits per heavy atom. The fraction of sp³-hybridized carbons (Fsp3) is 0.316. The first-order chi connectivity index (χ1) is 12.4. The molecule has 1 saturated heterocycles. The lowest BCUT2D eigenvalue weighted by molar-refractivity contribution is 0.208. The number of hydrogen-bond acceptors (Lipinski definition) is 3. The first-order valence-electron chi connectivity index (χ1n) is 8.47. The number of carbonyl (C=O) groups is 1. The molecule has 0 aromatic heterocycles. The van der Waals surface area contributed by atoms with E-state index in [0.29, 0.717) is 23.1 Å². The average molecular weight is 393 g/mol. The first kappa shape index (κ1) is 18.7. The molecule has 2 aromatic rings. The molecule has 3 rings (SSSR count). The molecule has 138 valence electrons. The van der Waals surface area contributed by atoms with Crippen molar-refractivity contribution >= 4 is 46.3 Å². The first-order valence-corrected chi connectivity index (χ1v) is 9.23. The summed E-state index contributed by atoms with van der Waals surface area (Å²) in [6.07, 6.45) is 0. The van der Waals surface area contributed by atoms with Crippen molar-refractivity contribution < 1.29 is 4.79 Å². The Balaban J connectivity index is 1.56. The molecule has 0 unspecified atom stereocenters.